The van der Waals surface area contributed by atoms with Crippen LogP contribution in [0.4, 0.5) is 0 Å². The van der Waals surface area contributed by atoms with Gasteiger partial charge in [0, 0.05) is 0 Å². The lowest BCUT2D eigenvalue weighted by molar-refractivity contribution is 0.317. The second-order valence-corrected chi connectivity index (χ2v) is 5.08. The van der Waals surface area contributed by atoms with Gasteiger partial charge < -0.3 is 4.74 Å². The lowest BCUT2D eigenvalue weighted by Crippen LogP contribution is -2.13. The van der Waals surface area contributed by atoms with E-state index in [1.807, 2.05) is 0 Å². The maximum absolute atomic E-state index is 5.60. The molecule has 1 nitrogen and oxygen atoms in total. The third-order valence-corrected chi connectivity index (χ3v) is 2.48. The van der Waals surface area contributed by atoms with Gasteiger partial charge in [-0.3, -0.25) is 0 Å². The van der Waals surface area contributed by atoms with Gasteiger partial charge in [-0.1, -0.05) is 33.8 Å². The first-order valence-electron chi connectivity index (χ1n) is 5.69. The van der Waals surface area contributed by atoms with E-state index in [0.717, 1.165) is 18.8 Å². The van der Waals surface area contributed by atoms with Crippen LogP contribution in [0.3, 0.4) is 0 Å². The average molecular weight is 206 g/mol. The molecule has 15 heavy (non-hydrogen) atoms. The number of hydrogen-bond donors (Lipinski definition) is 0. The molecule has 0 atom stereocenters. The summed E-state index contributed by atoms with van der Waals surface area (Å²) in [4.78, 5) is 0. The second kappa shape index (κ2) is 4.69. The number of hydrogen-bond acceptors (Lipinski definition) is 1. The summed E-state index contributed by atoms with van der Waals surface area (Å²) in [6, 6.07) is 6.39. The van der Waals surface area contributed by atoms with Crippen molar-refractivity contribution in [3.8, 4) is 5.75 Å². The van der Waals surface area contributed by atoms with Crippen molar-refractivity contribution in [2.75, 3.05) is 6.61 Å². The van der Waals surface area contributed by atoms with Gasteiger partial charge in [-0.05, 0) is 42.0 Å². The Balaban J connectivity index is 2.89. The second-order valence-electron chi connectivity index (χ2n) is 5.08. The van der Waals surface area contributed by atoms with Crippen molar-refractivity contribution in [2.45, 2.75) is 46.5 Å². The number of aryl methyl sites for hydroxylation is 1. The van der Waals surface area contributed by atoms with Crippen molar-refractivity contribution in [1.29, 1.82) is 0 Å². The molecule has 1 aromatic rings. The largest absolute Gasteiger partial charge is 0.494 e. The van der Waals surface area contributed by atoms with Crippen molar-refractivity contribution in [2.24, 2.45) is 0 Å². The SMILES string of the molecule is CCCOc1ccc(C(C)(C)C)c(C)c1. The minimum atomic E-state index is 0.216. The Bertz CT molecular complexity index is 321. The fourth-order valence-corrected chi connectivity index (χ4v) is 1.79. The molecule has 84 valence electrons. The molecule has 1 rings (SSSR count). The molecule has 0 spiro atoms. The highest BCUT2D eigenvalue weighted by Gasteiger charge is 2.16. The fourth-order valence-electron chi connectivity index (χ4n) is 1.79. The first kappa shape index (κ1) is 12.1. The zero-order valence-corrected chi connectivity index (χ0v) is 10.6. The van der Waals surface area contributed by atoms with Crippen molar-refractivity contribution < 1.29 is 4.74 Å². The Hall–Kier alpha value is -0.980. The maximum Gasteiger partial charge on any atom is 0.119 e. The smallest absolute Gasteiger partial charge is 0.119 e. The Morgan fingerprint density at radius 1 is 1.20 bits per heavy atom. The quantitative estimate of drug-likeness (QED) is 0.724. The van der Waals surface area contributed by atoms with Crippen LogP contribution in [0.25, 0.3) is 0 Å². The van der Waals surface area contributed by atoms with E-state index >= 15 is 0 Å². The third kappa shape index (κ3) is 3.26. The molecule has 0 aliphatic carbocycles. The van der Waals surface area contributed by atoms with Crippen molar-refractivity contribution in [3.05, 3.63) is 29.3 Å². The van der Waals surface area contributed by atoms with Crippen LogP contribution in [-0.4, -0.2) is 6.61 Å². The Morgan fingerprint density at radius 2 is 1.87 bits per heavy atom. The van der Waals surface area contributed by atoms with Crippen LogP contribution in [0.5, 0.6) is 5.75 Å². The Kier molecular flexibility index (Phi) is 3.78. The number of ether oxygens (including phenoxy) is 1. The topological polar surface area (TPSA) is 9.23 Å². The Labute approximate surface area is 93.5 Å². The molecular formula is C14H22O. The van der Waals surface area contributed by atoms with Gasteiger partial charge in [-0.2, -0.15) is 0 Å². The summed E-state index contributed by atoms with van der Waals surface area (Å²) in [5, 5.41) is 0. The first-order valence-corrected chi connectivity index (χ1v) is 5.69. The molecule has 0 bridgehead atoms. The first-order chi connectivity index (χ1) is 6.95. The van der Waals surface area contributed by atoms with Crippen molar-refractivity contribution in [3.63, 3.8) is 0 Å². The molecule has 0 saturated carbocycles. The molecule has 0 aliphatic heterocycles. The van der Waals surface area contributed by atoms with Crippen LogP contribution in [-0.2, 0) is 5.41 Å². The minimum absolute atomic E-state index is 0.216. The summed E-state index contributed by atoms with van der Waals surface area (Å²) >= 11 is 0. The van der Waals surface area contributed by atoms with Crippen LogP contribution < -0.4 is 4.74 Å². The average Bonchev–Trinajstić information content (AvgIpc) is 2.12. The third-order valence-electron chi connectivity index (χ3n) is 2.48. The monoisotopic (exact) mass is 206 g/mol. The predicted molar refractivity (Wildman–Crippen MR) is 65.7 cm³/mol. The van der Waals surface area contributed by atoms with E-state index in [1.165, 1.54) is 11.1 Å². The van der Waals surface area contributed by atoms with Crippen LogP contribution >= 0.6 is 0 Å². The maximum atomic E-state index is 5.60. The molecule has 0 amide bonds. The lowest BCUT2D eigenvalue weighted by atomic mass is 9.84. The zero-order chi connectivity index (χ0) is 11.5. The zero-order valence-electron chi connectivity index (χ0n) is 10.6. The normalized spacial score (nSPS) is 11.5. The fraction of sp³-hybridized carbons (Fsp3) is 0.571. The summed E-state index contributed by atoms with van der Waals surface area (Å²) in [6.45, 7) is 11.8. The van der Waals surface area contributed by atoms with Crippen LogP contribution in [0.2, 0.25) is 0 Å². The molecule has 0 N–H and O–H groups in total. The summed E-state index contributed by atoms with van der Waals surface area (Å²) < 4.78 is 5.60. The van der Waals surface area contributed by atoms with E-state index in [4.69, 9.17) is 4.74 Å². The summed E-state index contributed by atoms with van der Waals surface area (Å²) in [5.41, 5.74) is 2.93. The van der Waals surface area contributed by atoms with E-state index in [0.29, 0.717) is 0 Å². The van der Waals surface area contributed by atoms with Gasteiger partial charge in [0.2, 0.25) is 0 Å². The van der Waals surface area contributed by atoms with E-state index in [2.05, 4.69) is 52.8 Å². The van der Waals surface area contributed by atoms with Gasteiger partial charge in [0.1, 0.15) is 5.75 Å². The van der Waals surface area contributed by atoms with E-state index < -0.39 is 0 Å². The molecular weight excluding hydrogens is 184 g/mol. The summed E-state index contributed by atoms with van der Waals surface area (Å²) in [7, 11) is 0. The molecule has 0 saturated heterocycles. The van der Waals surface area contributed by atoms with Crippen LogP contribution in [0, 0.1) is 6.92 Å². The highest BCUT2D eigenvalue weighted by molar-refractivity contribution is 5.38. The van der Waals surface area contributed by atoms with Gasteiger partial charge in [0.15, 0.2) is 0 Å². The standard InChI is InChI=1S/C14H22O/c1-6-9-15-12-7-8-13(11(2)10-12)14(3,4)5/h7-8,10H,6,9H2,1-5H3. The summed E-state index contributed by atoms with van der Waals surface area (Å²) in [5.74, 6) is 0.988. The summed E-state index contributed by atoms with van der Waals surface area (Å²) in [6.07, 6.45) is 1.06. The molecule has 1 heteroatoms. The van der Waals surface area contributed by atoms with E-state index in [-0.39, 0.29) is 5.41 Å². The van der Waals surface area contributed by atoms with Gasteiger partial charge >= 0.3 is 0 Å². The van der Waals surface area contributed by atoms with Gasteiger partial charge in [-0.15, -0.1) is 0 Å². The van der Waals surface area contributed by atoms with Crippen LogP contribution in [0.1, 0.15) is 45.2 Å². The van der Waals surface area contributed by atoms with Gasteiger partial charge in [0.25, 0.3) is 0 Å². The van der Waals surface area contributed by atoms with Gasteiger partial charge in [-0.25, -0.2) is 0 Å². The highest BCUT2D eigenvalue weighted by atomic mass is 16.5. The van der Waals surface area contributed by atoms with E-state index in [1.54, 1.807) is 0 Å². The number of rotatable bonds is 3. The molecule has 0 heterocycles. The lowest BCUT2D eigenvalue weighted by Gasteiger charge is -2.22. The molecule has 1 aromatic carbocycles. The number of benzene rings is 1. The van der Waals surface area contributed by atoms with Crippen LogP contribution in [0.15, 0.2) is 18.2 Å². The molecule has 0 aromatic heterocycles. The molecule has 0 fully saturated rings. The van der Waals surface area contributed by atoms with E-state index in [9.17, 15) is 0 Å². The minimum Gasteiger partial charge on any atom is -0.494 e. The molecule has 0 radical (unpaired) electrons. The van der Waals surface area contributed by atoms with Crippen molar-refractivity contribution >= 4 is 0 Å². The Morgan fingerprint density at radius 3 is 2.33 bits per heavy atom. The molecule has 0 aliphatic rings. The predicted octanol–water partition coefficient (Wildman–Crippen LogP) is 4.08. The highest BCUT2D eigenvalue weighted by Crippen LogP contribution is 2.28. The van der Waals surface area contributed by atoms with Gasteiger partial charge in [0.05, 0.1) is 6.61 Å². The molecule has 0 unspecified atom stereocenters. The van der Waals surface area contributed by atoms with Crippen molar-refractivity contribution in [1.82, 2.24) is 0 Å².